The summed E-state index contributed by atoms with van der Waals surface area (Å²) in [6, 6.07) is 12.4. The SMILES string of the molecule is COc1ccc(C=O)cc1COc1ccc(CCC(=O)O)cc1. The first-order chi connectivity index (χ1) is 11.1. The molecular formula is C18H18O5. The topological polar surface area (TPSA) is 72.8 Å². The predicted octanol–water partition coefficient (Wildman–Crippen LogP) is 3.10. The lowest BCUT2D eigenvalue weighted by Crippen LogP contribution is -2.00. The van der Waals surface area contributed by atoms with E-state index < -0.39 is 5.97 Å². The first kappa shape index (κ1) is 16.5. The molecular weight excluding hydrogens is 296 g/mol. The molecule has 23 heavy (non-hydrogen) atoms. The Labute approximate surface area is 134 Å². The summed E-state index contributed by atoms with van der Waals surface area (Å²) in [6.07, 6.45) is 1.38. The summed E-state index contributed by atoms with van der Waals surface area (Å²) in [6.45, 7) is 0.277. The first-order valence-corrected chi connectivity index (χ1v) is 7.18. The van der Waals surface area contributed by atoms with Crippen LogP contribution in [0.2, 0.25) is 0 Å². The molecule has 0 aliphatic rings. The van der Waals surface area contributed by atoms with Gasteiger partial charge in [0.15, 0.2) is 0 Å². The second kappa shape index (κ2) is 7.98. The molecule has 0 atom stereocenters. The highest BCUT2D eigenvalue weighted by Crippen LogP contribution is 2.22. The zero-order valence-corrected chi connectivity index (χ0v) is 12.8. The molecule has 0 unspecified atom stereocenters. The maximum Gasteiger partial charge on any atom is 0.303 e. The largest absolute Gasteiger partial charge is 0.496 e. The summed E-state index contributed by atoms with van der Waals surface area (Å²) in [5.41, 5.74) is 2.29. The van der Waals surface area contributed by atoms with Crippen LogP contribution in [-0.4, -0.2) is 24.5 Å². The molecule has 0 aliphatic carbocycles. The second-order valence-corrected chi connectivity index (χ2v) is 5.02. The molecule has 5 heteroatoms. The van der Waals surface area contributed by atoms with Gasteiger partial charge in [0.1, 0.15) is 24.4 Å². The number of methoxy groups -OCH3 is 1. The van der Waals surface area contributed by atoms with E-state index in [4.69, 9.17) is 14.6 Å². The highest BCUT2D eigenvalue weighted by molar-refractivity contribution is 5.75. The Morgan fingerprint density at radius 3 is 2.52 bits per heavy atom. The zero-order chi connectivity index (χ0) is 16.7. The number of rotatable bonds is 8. The molecule has 0 heterocycles. The fraction of sp³-hybridized carbons (Fsp3) is 0.222. The number of hydrogen-bond donors (Lipinski definition) is 1. The number of aliphatic carboxylic acids is 1. The van der Waals surface area contributed by atoms with Crippen LogP contribution in [0.1, 0.15) is 27.9 Å². The van der Waals surface area contributed by atoms with Crippen molar-refractivity contribution in [3.63, 3.8) is 0 Å². The Balaban J connectivity index is 2.00. The number of ether oxygens (including phenoxy) is 2. The molecule has 2 aromatic rings. The van der Waals surface area contributed by atoms with E-state index in [9.17, 15) is 9.59 Å². The Morgan fingerprint density at radius 2 is 1.91 bits per heavy atom. The standard InChI is InChI=1S/C18H18O5/c1-22-17-8-4-14(11-19)10-15(17)12-23-16-6-2-13(3-7-16)5-9-18(20)21/h2-4,6-8,10-11H,5,9,12H2,1H3,(H,20,21). The van der Waals surface area contributed by atoms with Crippen LogP contribution in [0.5, 0.6) is 11.5 Å². The van der Waals surface area contributed by atoms with E-state index >= 15 is 0 Å². The highest BCUT2D eigenvalue weighted by atomic mass is 16.5. The van der Waals surface area contributed by atoms with Gasteiger partial charge in [-0.05, 0) is 42.3 Å². The van der Waals surface area contributed by atoms with Crippen molar-refractivity contribution in [2.75, 3.05) is 7.11 Å². The lowest BCUT2D eigenvalue weighted by atomic mass is 10.1. The van der Waals surface area contributed by atoms with Crippen molar-refractivity contribution in [1.82, 2.24) is 0 Å². The van der Waals surface area contributed by atoms with Gasteiger partial charge in [0.05, 0.1) is 7.11 Å². The summed E-state index contributed by atoms with van der Waals surface area (Å²) >= 11 is 0. The molecule has 2 rings (SSSR count). The molecule has 0 fully saturated rings. The monoisotopic (exact) mass is 314 g/mol. The van der Waals surface area contributed by atoms with E-state index in [0.717, 1.165) is 17.4 Å². The third-order valence-corrected chi connectivity index (χ3v) is 3.39. The minimum absolute atomic E-state index is 0.107. The van der Waals surface area contributed by atoms with E-state index in [0.29, 0.717) is 23.5 Å². The number of hydrogen-bond acceptors (Lipinski definition) is 4. The number of carbonyl (C=O) groups excluding carboxylic acids is 1. The average molecular weight is 314 g/mol. The lowest BCUT2D eigenvalue weighted by molar-refractivity contribution is -0.136. The molecule has 5 nitrogen and oxygen atoms in total. The fourth-order valence-electron chi connectivity index (χ4n) is 2.15. The molecule has 0 saturated carbocycles. The van der Waals surface area contributed by atoms with Gasteiger partial charge in [-0.3, -0.25) is 9.59 Å². The number of aryl methyl sites for hydroxylation is 1. The van der Waals surface area contributed by atoms with Crippen LogP contribution in [0, 0.1) is 0 Å². The zero-order valence-electron chi connectivity index (χ0n) is 12.8. The average Bonchev–Trinajstić information content (AvgIpc) is 2.58. The highest BCUT2D eigenvalue weighted by Gasteiger charge is 2.06. The van der Waals surface area contributed by atoms with Crippen molar-refractivity contribution in [2.24, 2.45) is 0 Å². The molecule has 0 aromatic heterocycles. The van der Waals surface area contributed by atoms with Gasteiger partial charge >= 0.3 is 5.97 Å². The van der Waals surface area contributed by atoms with Crippen LogP contribution in [-0.2, 0) is 17.8 Å². The van der Waals surface area contributed by atoms with Gasteiger partial charge in [-0.1, -0.05) is 12.1 Å². The van der Waals surface area contributed by atoms with E-state index in [2.05, 4.69) is 0 Å². The lowest BCUT2D eigenvalue weighted by Gasteiger charge is -2.11. The summed E-state index contributed by atoms with van der Waals surface area (Å²) in [7, 11) is 1.57. The maximum absolute atomic E-state index is 10.9. The summed E-state index contributed by atoms with van der Waals surface area (Å²) in [5.74, 6) is 0.517. The van der Waals surface area contributed by atoms with E-state index in [1.165, 1.54) is 0 Å². The Hall–Kier alpha value is -2.82. The van der Waals surface area contributed by atoms with Crippen molar-refractivity contribution in [3.8, 4) is 11.5 Å². The van der Waals surface area contributed by atoms with Gasteiger partial charge in [0.2, 0.25) is 0 Å². The van der Waals surface area contributed by atoms with Gasteiger partial charge in [-0.25, -0.2) is 0 Å². The number of carbonyl (C=O) groups is 2. The van der Waals surface area contributed by atoms with Gasteiger partial charge < -0.3 is 14.6 Å². The Kier molecular flexibility index (Phi) is 5.74. The molecule has 0 radical (unpaired) electrons. The van der Waals surface area contributed by atoms with Gasteiger partial charge in [-0.15, -0.1) is 0 Å². The summed E-state index contributed by atoms with van der Waals surface area (Å²) in [4.78, 5) is 21.4. The smallest absolute Gasteiger partial charge is 0.303 e. The fourth-order valence-corrected chi connectivity index (χ4v) is 2.15. The predicted molar refractivity (Wildman–Crippen MR) is 85.1 cm³/mol. The van der Waals surface area contributed by atoms with Crippen molar-refractivity contribution in [3.05, 3.63) is 59.2 Å². The molecule has 1 N–H and O–H groups in total. The summed E-state index contributed by atoms with van der Waals surface area (Å²) < 4.78 is 11.0. The molecule has 0 spiro atoms. The van der Waals surface area contributed by atoms with Crippen molar-refractivity contribution in [2.45, 2.75) is 19.4 Å². The third kappa shape index (κ3) is 4.85. The van der Waals surface area contributed by atoms with Crippen LogP contribution >= 0.6 is 0 Å². The molecule has 0 amide bonds. The van der Waals surface area contributed by atoms with Gasteiger partial charge in [0, 0.05) is 17.5 Å². The van der Waals surface area contributed by atoms with Crippen LogP contribution in [0.3, 0.4) is 0 Å². The molecule has 0 bridgehead atoms. The molecule has 0 saturated heterocycles. The minimum Gasteiger partial charge on any atom is -0.496 e. The van der Waals surface area contributed by atoms with E-state index in [1.54, 1.807) is 37.4 Å². The first-order valence-electron chi connectivity index (χ1n) is 7.18. The van der Waals surface area contributed by atoms with Crippen LogP contribution in [0.15, 0.2) is 42.5 Å². The van der Waals surface area contributed by atoms with Crippen molar-refractivity contribution in [1.29, 1.82) is 0 Å². The molecule has 2 aromatic carbocycles. The number of aldehydes is 1. The molecule has 0 aliphatic heterocycles. The number of carboxylic acid groups (broad SMARTS) is 1. The van der Waals surface area contributed by atoms with Crippen LogP contribution in [0.25, 0.3) is 0 Å². The van der Waals surface area contributed by atoms with Gasteiger partial charge in [0.25, 0.3) is 0 Å². The second-order valence-electron chi connectivity index (χ2n) is 5.02. The minimum atomic E-state index is -0.813. The van der Waals surface area contributed by atoms with Crippen molar-refractivity contribution >= 4 is 12.3 Å². The van der Waals surface area contributed by atoms with Crippen LogP contribution in [0.4, 0.5) is 0 Å². The normalized spacial score (nSPS) is 10.1. The number of benzene rings is 2. The maximum atomic E-state index is 10.9. The Morgan fingerprint density at radius 1 is 1.17 bits per heavy atom. The third-order valence-electron chi connectivity index (χ3n) is 3.39. The van der Waals surface area contributed by atoms with Gasteiger partial charge in [-0.2, -0.15) is 0 Å². The summed E-state index contributed by atoms with van der Waals surface area (Å²) in [5, 5.41) is 8.67. The number of carboxylic acids is 1. The quantitative estimate of drug-likeness (QED) is 0.758. The van der Waals surface area contributed by atoms with Crippen LogP contribution < -0.4 is 9.47 Å². The van der Waals surface area contributed by atoms with E-state index in [-0.39, 0.29) is 13.0 Å². The van der Waals surface area contributed by atoms with E-state index in [1.807, 2.05) is 12.1 Å². The molecule has 120 valence electrons. The Bertz CT molecular complexity index is 676. The van der Waals surface area contributed by atoms with Crippen molar-refractivity contribution < 1.29 is 24.2 Å².